The number of benzene rings is 1. The zero-order valence-corrected chi connectivity index (χ0v) is 11.2. The molecule has 18 heavy (non-hydrogen) atoms. The molecule has 0 aliphatic heterocycles. The van der Waals surface area contributed by atoms with E-state index in [0.717, 1.165) is 23.3 Å². The van der Waals surface area contributed by atoms with E-state index in [2.05, 4.69) is 34.8 Å². The number of hydrogen-bond donors (Lipinski definition) is 2. The largest absolute Gasteiger partial charge is 0.396 e. The van der Waals surface area contributed by atoms with Gasteiger partial charge in [-0.3, -0.25) is 0 Å². The molecular weight excluding hydrogens is 226 g/mol. The molecule has 0 fully saturated rings. The molecule has 0 bridgehead atoms. The van der Waals surface area contributed by atoms with Crippen molar-refractivity contribution in [3.8, 4) is 0 Å². The van der Waals surface area contributed by atoms with Gasteiger partial charge in [-0.05, 0) is 32.4 Å². The quantitative estimate of drug-likeness (QED) is 0.849. The average Bonchev–Trinajstić information content (AvgIpc) is 2.68. The van der Waals surface area contributed by atoms with Crippen LogP contribution in [0.2, 0.25) is 0 Å². The lowest BCUT2D eigenvalue weighted by Gasteiger charge is -2.19. The number of aryl methyl sites for hydroxylation is 1. The first-order chi connectivity index (χ1) is 8.63. The van der Waals surface area contributed by atoms with Gasteiger partial charge in [-0.15, -0.1) is 0 Å². The van der Waals surface area contributed by atoms with Crippen LogP contribution in [0.15, 0.2) is 24.3 Å². The molecule has 2 atom stereocenters. The van der Waals surface area contributed by atoms with E-state index in [9.17, 15) is 0 Å². The van der Waals surface area contributed by atoms with E-state index in [4.69, 9.17) is 5.11 Å². The van der Waals surface area contributed by atoms with Gasteiger partial charge in [-0.25, -0.2) is 4.98 Å². The Labute approximate surface area is 108 Å². The number of hydrogen-bond acceptors (Lipinski definition) is 3. The second-order valence-electron chi connectivity index (χ2n) is 4.82. The lowest BCUT2D eigenvalue weighted by molar-refractivity contribution is 0.263. The van der Waals surface area contributed by atoms with Crippen LogP contribution < -0.4 is 5.32 Å². The number of aromatic nitrogens is 2. The first-order valence-electron chi connectivity index (χ1n) is 6.41. The molecule has 0 saturated carbocycles. The molecule has 0 saturated heterocycles. The maximum atomic E-state index is 8.93. The lowest BCUT2D eigenvalue weighted by atomic mass is 10.2. The molecule has 4 heteroatoms. The van der Waals surface area contributed by atoms with Crippen LogP contribution in [0.4, 0.5) is 0 Å². The Bertz CT molecular complexity index is 521. The second-order valence-corrected chi connectivity index (χ2v) is 4.82. The van der Waals surface area contributed by atoms with E-state index >= 15 is 0 Å². The number of para-hydroxylation sites is 2. The Morgan fingerprint density at radius 1 is 1.33 bits per heavy atom. The van der Waals surface area contributed by atoms with Gasteiger partial charge in [0.1, 0.15) is 5.82 Å². The highest BCUT2D eigenvalue weighted by molar-refractivity contribution is 5.75. The normalized spacial score (nSPS) is 14.9. The maximum Gasteiger partial charge on any atom is 0.126 e. The summed E-state index contributed by atoms with van der Waals surface area (Å²) < 4.78 is 2.12. The molecule has 98 valence electrons. The number of fused-ring (bicyclic) bond motifs is 1. The summed E-state index contributed by atoms with van der Waals surface area (Å²) in [6.45, 7) is 4.40. The fraction of sp³-hybridized carbons (Fsp3) is 0.500. The minimum Gasteiger partial charge on any atom is -0.396 e. The van der Waals surface area contributed by atoms with Gasteiger partial charge in [0.2, 0.25) is 0 Å². The van der Waals surface area contributed by atoms with Crippen LogP contribution in [0.25, 0.3) is 11.0 Å². The van der Waals surface area contributed by atoms with Crippen molar-refractivity contribution in [1.29, 1.82) is 0 Å². The Morgan fingerprint density at radius 3 is 2.72 bits per heavy atom. The van der Waals surface area contributed by atoms with Crippen LogP contribution in [0.5, 0.6) is 0 Å². The van der Waals surface area contributed by atoms with Crippen LogP contribution in [0, 0.1) is 0 Å². The molecule has 1 aromatic heterocycles. The van der Waals surface area contributed by atoms with Crippen LogP contribution in [-0.4, -0.2) is 27.3 Å². The number of nitrogens with zero attached hydrogens (tertiary/aromatic N) is 2. The molecule has 0 radical (unpaired) electrons. The van der Waals surface area contributed by atoms with Crippen LogP contribution in [0.3, 0.4) is 0 Å². The molecular formula is C14H21N3O. The van der Waals surface area contributed by atoms with Crippen molar-refractivity contribution in [2.75, 3.05) is 6.61 Å². The summed E-state index contributed by atoms with van der Waals surface area (Å²) in [6.07, 6.45) is 0.758. The highest BCUT2D eigenvalue weighted by Crippen LogP contribution is 2.19. The van der Waals surface area contributed by atoms with Gasteiger partial charge in [0.05, 0.1) is 17.1 Å². The molecule has 0 spiro atoms. The predicted octanol–water partition coefficient (Wildman–Crippen LogP) is 1.99. The SMILES string of the molecule is CC(CCO)NC(C)c1nc2ccccc2n1C. The van der Waals surface area contributed by atoms with Crippen LogP contribution >= 0.6 is 0 Å². The predicted molar refractivity (Wildman–Crippen MR) is 73.4 cm³/mol. The third-order valence-electron chi connectivity index (χ3n) is 3.31. The van der Waals surface area contributed by atoms with Crippen molar-refractivity contribution in [2.45, 2.75) is 32.4 Å². The van der Waals surface area contributed by atoms with Crippen LogP contribution in [0.1, 0.15) is 32.1 Å². The molecule has 2 N–H and O–H groups in total. The topological polar surface area (TPSA) is 50.1 Å². The highest BCUT2D eigenvalue weighted by Gasteiger charge is 2.15. The van der Waals surface area contributed by atoms with Crippen molar-refractivity contribution >= 4 is 11.0 Å². The summed E-state index contributed by atoms with van der Waals surface area (Å²) in [6, 6.07) is 8.60. The monoisotopic (exact) mass is 247 g/mol. The average molecular weight is 247 g/mol. The van der Waals surface area contributed by atoms with Gasteiger partial charge in [0.25, 0.3) is 0 Å². The molecule has 1 aromatic carbocycles. The number of aliphatic hydroxyl groups excluding tert-OH is 1. The smallest absolute Gasteiger partial charge is 0.126 e. The third kappa shape index (κ3) is 2.54. The van der Waals surface area contributed by atoms with E-state index in [1.54, 1.807) is 0 Å². The van der Waals surface area contributed by atoms with Gasteiger partial charge in [-0.2, -0.15) is 0 Å². The Kier molecular flexibility index (Phi) is 3.99. The number of rotatable bonds is 5. The molecule has 0 amide bonds. The van der Waals surface area contributed by atoms with Crippen molar-refractivity contribution in [3.05, 3.63) is 30.1 Å². The Balaban J connectivity index is 2.22. The summed E-state index contributed by atoms with van der Waals surface area (Å²) in [5, 5.41) is 12.4. The first kappa shape index (κ1) is 13.1. The third-order valence-corrected chi connectivity index (χ3v) is 3.31. The van der Waals surface area contributed by atoms with Gasteiger partial charge >= 0.3 is 0 Å². The molecule has 1 heterocycles. The van der Waals surface area contributed by atoms with Crippen molar-refractivity contribution in [3.63, 3.8) is 0 Å². The molecule has 0 aliphatic carbocycles. The lowest BCUT2D eigenvalue weighted by Crippen LogP contribution is -2.31. The van der Waals surface area contributed by atoms with Crippen molar-refractivity contribution < 1.29 is 5.11 Å². The summed E-state index contributed by atoms with van der Waals surface area (Å²) in [4.78, 5) is 4.66. The Hall–Kier alpha value is -1.39. The standard InChI is InChI=1S/C14H21N3O/c1-10(8-9-18)15-11(2)14-16-12-6-4-5-7-13(12)17(14)3/h4-7,10-11,15,18H,8-9H2,1-3H3. The molecule has 0 aliphatic rings. The molecule has 2 aromatic rings. The fourth-order valence-corrected chi connectivity index (χ4v) is 2.33. The zero-order valence-electron chi connectivity index (χ0n) is 11.2. The maximum absolute atomic E-state index is 8.93. The highest BCUT2D eigenvalue weighted by atomic mass is 16.3. The molecule has 4 nitrogen and oxygen atoms in total. The Morgan fingerprint density at radius 2 is 2.06 bits per heavy atom. The molecule has 2 unspecified atom stereocenters. The van der Waals surface area contributed by atoms with Gasteiger partial charge in [0.15, 0.2) is 0 Å². The minimum atomic E-state index is 0.170. The van der Waals surface area contributed by atoms with Gasteiger partial charge in [-0.1, -0.05) is 12.1 Å². The fourth-order valence-electron chi connectivity index (χ4n) is 2.33. The second kappa shape index (κ2) is 5.50. The summed E-state index contributed by atoms with van der Waals surface area (Å²) in [5.74, 6) is 1.03. The molecule has 2 rings (SSSR count). The van der Waals surface area contributed by atoms with E-state index in [1.807, 2.05) is 25.2 Å². The van der Waals surface area contributed by atoms with E-state index < -0.39 is 0 Å². The van der Waals surface area contributed by atoms with Crippen LogP contribution in [-0.2, 0) is 7.05 Å². The summed E-state index contributed by atoms with van der Waals surface area (Å²) >= 11 is 0. The minimum absolute atomic E-state index is 0.170. The number of aliphatic hydroxyl groups is 1. The summed E-state index contributed by atoms with van der Waals surface area (Å²) in [5.41, 5.74) is 2.18. The zero-order chi connectivity index (χ0) is 13.1. The van der Waals surface area contributed by atoms with E-state index in [-0.39, 0.29) is 18.7 Å². The first-order valence-corrected chi connectivity index (χ1v) is 6.41. The van der Waals surface area contributed by atoms with Crippen molar-refractivity contribution in [2.24, 2.45) is 7.05 Å². The van der Waals surface area contributed by atoms with E-state index in [1.165, 1.54) is 0 Å². The van der Waals surface area contributed by atoms with Gasteiger partial charge in [0, 0.05) is 19.7 Å². The number of imidazole rings is 1. The van der Waals surface area contributed by atoms with E-state index in [0.29, 0.717) is 0 Å². The summed E-state index contributed by atoms with van der Waals surface area (Å²) in [7, 11) is 2.04. The van der Waals surface area contributed by atoms with Crippen molar-refractivity contribution in [1.82, 2.24) is 14.9 Å². The number of nitrogens with one attached hydrogen (secondary N) is 1. The van der Waals surface area contributed by atoms with Gasteiger partial charge < -0.3 is 15.0 Å².